The molecule has 1 unspecified atom stereocenters. The van der Waals surface area contributed by atoms with Gasteiger partial charge in [0.05, 0.1) is 24.4 Å². The number of aromatic amines is 1. The third-order valence-corrected chi connectivity index (χ3v) is 5.75. The average Bonchev–Trinajstić information content (AvgIpc) is 2.90. The minimum atomic E-state index is -1.51. The summed E-state index contributed by atoms with van der Waals surface area (Å²) in [5.74, 6) is -5.35. The summed E-state index contributed by atoms with van der Waals surface area (Å²) in [6.07, 6.45) is 0.991. The highest BCUT2D eigenvalue weighted by Crippen LogP contribution is 2.23. The molecule has 4 aromatic rings. The van der Waals surface area contributed by atoms with Gasteiger partial charge in [0.2, 0.25) is 5.95 Å². The predicted molar refractivity (Wildman–Crippen MR) is 136 cm³/mol. The summed E-state index contributed by atoms with van der Waals surface area (Å²) >= 11 is 0. The van der Waals surface area contributed by atoms with Gasteiger partial charge in [-0.2, -0.15) is 4.98 Å². The zero-order valence-corrected chi connectivity index (χ0v) is 20.1. The summed E-state index contributed by atoms with van der Waals surface area (Å²) < 4.78 is 13.2. The normalized spacial score (nSPS) is 12.4. The number of benzene rings is 2. The van der Waals surface area contributed by atoms with E-state index in [0.717, 1.165) is 12.1 Å². The Morgan fingerprint density at radius 2 is 1.69 bits per heavy atom. The smallest absolute Gasteiger partial charge is 0.326 e. The van der Waals surface area contributed by atoms with E-state index >= 15 is 0 Å². The second-order valence-corrected chi connectivity index (χ2v) is 8.46. The van der Waals surface area contributed by atoms with E-state index in [1.54, 1.807) is 12.1 Å². The fraction of sp³-hybridized carbons (Fsp3) is 0.160. The number of nitrogens with one attached hydrogen (secondary N) is 3. The minimum Gasteiger partial charge on any atom is -0.481 e. The third kappa shape index (κ3) is 6.49. The summed E-state index contributed by atoms with van der Waals surface area (Å²) in [7, 11) is 0. The van der Waals surface area contributed by atoms with Crippen LogP contribution >= 0.6 is 0 Å². The molecule has 7 N–H and O–H groups in total. The quantitative estimate of drug-likeness (QED) is 0.171. The van der Waals surface area contributed by atoms with E-state index < -0.39 is 47.6 Å². The molecule has 200 valence electrons. The molecule has 2 aromatic heterocycles. The first-order chi connectivity index (χ1) is 18.6. The van der Waals surface area contributed by atoms with Crippen molar-refractivity contribution < 1.29 is 29.0 Å². The van der Waals surface area contributed by atoms with Crippen LogP contribution in [0.15, 0.2) is 59.5 Å². The Hall–Kier alpha value is -5.40. The average molecular weight is 535 g/mol. The molecule has 14 heteroatoms. The number of carbonyl (C=O) groups excluding carboxylic acids is 1. The Morgan fingerprint density at radius 3 is 2.33 bits per heavy atom. The lowest BCUT2D eigenvalue weighted by Gasteiger charge is -2.19. The van der Waals surface area contributed by atoms with Crippen molar-refractivity contribution >= 4 is 40.6 Å². The Morgan fingerprint density at radius 1 is 1.00 bits per heavy atom. The first-order valence-electron chi connectivity index (χ1n) is 11.5. The van der Waals surface area contributed by atoms with Crippen LogP contribution in [0.5, 0.6) is 0 Å². The number of nitrogens with two attached hydrogens (primary N) is 1. The number of fused-ring (bicyclic) bond motifs is 1. The van der Waals surface area contributed by atoms with Gasteiger partial charge in [-0.15, -0.1) is 0 Å². The number of aromatic nitrogens is 4. The van der Waals surface area contributed by atoms with E-state index in [9.17, 15) is 33.8 Å². The van der Waals surface area contributed by atoms with E-state index in [-0.39, 0.29) is 34.8 Å². The second-order valence-electron chi connectivity index (χ2n) is 8.46. The number of carbonyl (C=O) groups is 3. The summed E-state index contributed by atoms with van der Waals surface area (Å²) in [6, 6.07) is 9.22. The van der Waals surface area contributed by atoms with E-state index in [4.69, 9.17) is 5.73 Å². The van der Waals surface area contributed by atoms with Gasteiger partial charge in [0, 0.05) is 11.3 Å². The number of halogens is 1. The van der Waals surface area contributed by atoms with Crippen LogP contribution in [0.4, 0.5) is 16.0 Å². The Bertz CT molecular complexity index is 1590. The molecule has 1 amide bonds. The number of carboxylic acids is 2. The van der Waals surface area contributed by atoms with Gasteiger partial charge >= 0.3 is 11.9 Å². The maximum atomic E-state index is 13.2. The van der Waals surface area contributed by atoms with Crippen molar-refractivity contribution in [2.24, 2.45) is 0 Å². The number of nitrogen functional groups attached to an aromatic ring is 1. The highest BCUT2D eigenvalue weighted by Gasteiger charge is 2.30. The lowest BCUT2D eigenvalue weighted by molar-refractivity contribution is -0.141. The first kappa shape index (κ1) is 26.7. The summed E-state index contributed by atoms with van der Waals surface area (Å²) in [4.78, 5) is 62.8. The van der Waals surface area contributed by atoms with Crippen molar-refractivity contribution in [3.8, 4) is 0 Å². The highest BCUT2D eigenvalue weighted by atomic mass is 19.1. The van der Waals surface area contributed by atoms with Crippen molar-refractivity contribution in [2.45, 2.75) is 24.9 Å². The number of amides is 1. The van der Waals surface area contributed by atoms with Gasteiger partial charge in [-0.3, -0.25) is 19.4 Å². The largest absolute Gasteiger partial charge is 0.481 e. The highest BCUT2D eigenvalue weighted by molar-refractivity contribution is 5.97. The van der Waals surface area contributed by atoms with Gasteiger partial charge in [-0.25, -0.2) is 19.2 Å². The van der Waals surface area contributed by atoms with Gasteiger partial charge in [0.1, 0.15) is 11.9 Å². The molecule has 13 nitrogen and oxygen atoms in total. The van der Waals surface area contributed by atoms with E-state index in [1.165, 1.54) is 30.5 Å². The number of nitrogens with zero attached hydrogens (tertiary/aromatic N) is 3. The first-order valence-corrected chi connectivity index (χ1v) is 11.5. The second kappa shape index (κ2) is 11.3. The molecule has 0 aliphatic rings. The van der Waals surface area contributed by atoms with Crippen LogP contribution in [-0.4, -0.2) is 54.0 Å². The summed E-state index contributed by atoms with van der Waals surface area (Å²) in [6.45, 7) is 0.194. The molecule has 0 fully saturated rings. The van der Waals surface area contributed by atoms with Gasteiger partial charge in [-0.1, -0.05) is 12.1 Å². The van der Waals surface area contributed by atoms with Gasteiger partial charge < -0.3 is 26.6 Å². The van der Waals surface area contributed by atoms with Gasteiger partial charge in [-0.05, 0) is 48.4 Å². The van der Waals surface area contributed by atoms with Crippen LogP contribution in [0.1, 0.15) is 34.0 Å². The molecule has 0 bridgehead atoms. The Labute approximate surface area is 219 Å². The van der Waals surface area contributed by atoms with Crippen LogP contribution in [-0.2, 0) is 16.1 Å². The number of aliphatic carboxylic acids is 2. The molecule has 4 rings (SSSR count). The number of H-pyrrole nitrogens is 1. The van der Waals surface area contributed by atoms with Crippen LogP contribution in [0.2, 0.25) is 0 Å². The van der Waals surface area contributed by atoms with Crippen LogP contribution in [0, 0.1) is 5.82 Å². The third-order valence-electron chi connectivity index (χ3n) is 5.75. The maximum absolute atomic E-state index is 13.2. The topological polar surface area (TPSA) is 213 Å². The molecule has 2 atom stereocenters. The maximum Gasteiger partial charge on any atom is 0.326 e. The zero-order chi connectivity index (χ0) is 28.1. The van der Waals surface area contributed by atoms with Crippen molar-refractivity contribution in [1.29, 1.82) is 0 Å². The van der Waals surface area contributed by atoms with E-state index in [0.29, 0.717) is 11.4 Å². The lowest BCUT2D eigenvalue weighted by Crippen LogP contribution is -2.42. The van der Waals surface area contributed by atoms with Crippen LogP contribution in [0.25, 0.3) is 11.2 Å². The van der Waals surface area contributed by atoms with Gasteiger partial charge in [0.25, 0.3) is 11.5 Å². The Kier molecular flexibility index (Phi) is 7.74. The lowest BCUT2D eigenvalue weighted by atomic mass is 9.92. The standard InChI is InChI=1S/C25H22FN7O6/c26-14-5-1-12(2-6-14)17(23(36)37)9-18(24(38)39)31-21(34)13-3-7-15(8-4-13)28-10-16-11-29-20-19(30-16)22(35)33-25(27)32-20/h1-8,11,17-18,28H,9-10H2,(H,31,34)(H,36,37)(H,38,39)(H3,27,29,32,33,35)/t17?,18-/m0/s1. The number of hydrogen-bond acceptors (Lipinski definition) is 9. The van der Waals surface area contributed by atoms with E-state index in [2.05, 4.69) is 30.6 Å². The van der Waals surface area contributed by atoms with Crippen molar-refractivity contribution in [3.05, 3.63) is 87.7 Å². The molecule has 0 saturated heterocycles. The zero-order valence-electron chi connectivity index (χ0n) is 20.1. The number of hydrogen-bond donors (Lipinski definition) is 6. The van der Waals surface area contributed by atoms with Crippen molar-refractivity contribution in [1.82, 2.24) is 25.3 Å². The molecule has 0 aliphatic carbocycles. The SMILES string of the molecule is Nc1nc2ncc(CNc3ccc(C(=O)N[C@@H](CC(C(=O)O)c4ccc(F)cc4)C(=O)O)cc3)nc2c(=O)[nH]1. The number of anilines is 2. The minimum absolute atomic E-state index is 0.0352. The fourth-order valence-corrected chi connectivity index (χ4v) is 3.76. The molecule has 0 aliphatic heterocycles. The van der Waals surface area contributed by atoms with E-state index in [1.807, 2.05) is 0 Å². The molecular formula is C25H22FN7O6. The molecule has 2 heterocycles. The number of carboxylic acid groups (broad SMARTS) is 2. The summed E-state index contributed by atoms with van der Waals surface area (Å²) in [5, 5.41) is 24.6. The van der Waals surface area contributed by atoms with Crippen molar-refractivity contribution in [2.75, 3.05) is 11.1 Å². The monoisotopic (exact) mass is 535 g/mol. The van der Waals surface area contributed by atoms with Gasteiger partial charge in [0.15, 0.2) is 11.2 Å². The molecule has 0 spiro atoms. The molecular weight excluding hydrogens is 513 g/mol. The molecule has 39 heavy (non-hydrogen) atoms. The number of rotatable bonds is 10. The Balaban J connectivity index is 1.40. The molecule has 0 saturated carbocycles. The van der Waals surface area contributed by atoms with Crippen LogP contribution in [0.3, 0.4) is 0 Å². The molecule has 0 radical (unpaired) electrons. The van der Waals surface area contributed by atoms with Crippen molar-refractivity contribution in [3.63, 3.8) is 0 Å². The predicted octanol–water partition coefficient (Wildman–Crippen LogP) is 1.49. The summed E-state index contributed by atoms with van der Waals surface area (Å²) in [5.41, 5.74) is 6.51. The van der Waals surface area contributed by atoms with Crippen LogP contribution < -0.4 is 21.9 Å². The molecule has 2 aromatic carbocycles. The fourth-order valence-electron chi connectivity index (χ4n) is 3.76.